The summed E-state index contributed by atoms with van der Waals surface area (Å²) in [4.78, 5) is 29.9. The number of rotatable bonds is 5. The number of carbonyl (C=O) groups excluding carboxylic acids is 2. The number of hydrogen-bond donors (Lipinski definition) is 0. The molecule has 168 valence electrons. The first-order valence-corrected chi connectivity index (χ1v) is 12.8. The number of benzene rings is 1. The molecule has 0 N–H and O–H groups in total. The number of carbonyl (C=O) groups is 2. The Bertz CT molecular complexity index is 1050. The molecule has 1 aromatic carbocycles. The van der Waals surface area contributed by atoms with Crippen LogP contribution in [0.3, 0.4) is 0 Å². The number of amides is 2. The van der Waals surface area contributed by atoms with Gasteiger partial charge in [0.15, 0.2) is 0 Å². The molecule has 0 radical (unpaired) electrons. The summed E-state index contributed by atoms with van der Waals surface area (Å²) in [5.74, 6) is -1.36. The van der Waals surface area contributed by atoms with Crippen LogP contribution in [0.1, 0.15) is 19.4 Å². The van der Waals surface area contributed by atoms with Gasteiger partial charge in [0.05, 0.1) is 29.8 Å². The van der Waals surface area contributed by atoms with Crippen LogP contribution in [0, 0.1) is 17.8 Å². The zero-order chi connectivity index (χ0) is 22.7. The maximum Gasteiger partial charge on any atom is 0.246 e. The summed E-state index contributed by atoms with van der Waals surface area (Å²) in [5.41, 5.74) is 1.26. The van der Waals surface area contributed by atoms with Crippen molar-refractivity contribution < 1.29 is 18.0 Å². The first-order chi connectivity index (χ1) is 14.5. The minimum Gasteiger partial charge on any atom is -0.329 e. The Balaban J connectivity index is 1.47. The van der Waals surface area contributed by atoms with Crippen LogP contribution in [-0.2, 0) is 26.2 Å². The van der Waals surface area contributed by atoms with E-state index in [9.17, 15) is 18.0 Å². The molecule has 0 spiro atoms. The summed E-state index contributed by atoms with van der Waals surface area (Å²) in [6.45, 7) is 5.76. The molecule has 4 rings (SSSR count). The monoisotopic (exact) mass is 485 g/mol. The lowest BCUT2D eigenvalue weighted by Crippen LogP contribution is -2.56. The van der Waals surface area contributed by atoms with Gasteiger partial charge in [-0.3, -0.25) is 14.5 Å². The average Bonchev–Trinajstić information content (AvgIpc) is 3.14. The molecule has 2 fully saturated rings. The molecule has 0 aliphatic carbocycles. The van der Waals surface area contributed by atoms with Gasteiger partial charge in [0.2, 0.25) is 21.8 Å². The van der Waals surface area contributed by atoms with Crippen molar-refractivity contribution in [2.45, 2.75) is 26.4 Å². The Hall–Kier alpha value is -1.61. The van der Waals surface area contributed by atoms with Crippen LogP contribution < -0.4 is 0 Å². The second kappa shape index (κ2) is 8.06. The Morgan fingerprint density at radius 2 is 1.81 bits per heavy atom. The van der Waals surface area contributed by atoms with Gasteiger partial charge >= 0.3 is 0 Å². The molecule has 0 saturated carbocycles. The van der Waals surface area contributed by atoms with E-state index in [1.165, 1.54) is 0 Å². The largest absolute Gasteiger partial charge is 0.329 e. The number of fused-ring (bicyclic) bond motifs is 1. The number of nitrogens with zero attached hydrogens (tertiary/aromatic N) is 3. The van der Waals surface area contributed by atoms with Crippen molar-refractivity contribution in [3.05, 3.63) is 45.6 Å². The summed E-state index contributed by atoms with van der Waals surface area (Å²) in [5, 5.41) is 1.20. The Kier molecular flexibility index (Phi) is 5.87. The molecule has 0 bridgehead atoms. The molecule has 31 heavy (non-hydrogen) atoms. The molecular formula is C21H25Cl2N3O4S. The van der Waals surface area contributed by atoms with E-state index in [0.29, 0.717) is 41.9 Å². The Labute approximate surface area is 192 Å². The summed E-state index contributed by atoms with van der Waals surface area (Å²) in [6.07, 6.45) is 2.73. The highest BCUT2D eigenvalue weighted by atomic mass is 35.5. The minimum atomic E-state index is -3.74. The fraction of sp³-hybridized carbons (Fsp3) is 0.524. The van der Waals surface area contributed by atoms with E-state index in [0.717, 1.165) is 16.1 Å². The summed E-state index contributed by atoms with van der Waals surface area (Å²) in [6, 6.07) is 4.85. The van der Waals surface area contributed by atoms with Gasteiger partial charge in [-0.1, -0.05) is 43.1 Å². The van der Waals surface area contributed by atoms with E-state index in [4.69, 9.17) is 23.2 Å². The number of hydrogen-bond acceptors (Lipinski definition) is 5. The summed E-state index contributed by atoms with van der Waals surface area (Å²) >= 11 is 12.5. The molecule has 0 unspecified atom stereocenters. The average molecular weight is 486 g/mol. The van der Waals surface area contributed by atoms with Crippen LogP contribution in [0.15, 0.2) is 30.0 Å². The first kappa shape index (κ1) is 22.6. The van der Waals surface area contributed by atoms with Gasteiger partial charge in [-0.25, -0.2) is 12.7 Å². The predicted molar refractivity (Wildman–Crippen MR) is 119 cm³/mol. The molecule has 7 nitrogen and oxygen atoms in total. The number of halogens is 2. The van der Waals surface area contributed by atoms with E-state index >= 15 is 0 Å². The Morgan fingerprint density at radius 3 is 2.35 bits per heavy atom. The van der Waals surface area contributed by atoms with Crippen LogP contribution >= 0.6 is 23.2 Å². The highest BCUT2D eigenvalue weighted by Crippen LogP contribution is 2.42. The van der Waals surface area contributed by atoms with Gasteiger partial charge in [-0.2, -0.15) is 0 Å². The number of likely N-dealkylation sites (tertiary alicyclic amines) is 1. The fourth-order valence-corrected chi connectivity index (χ4v) is 6.32. The van der Waals surface area contributed by atoms with Crippen LogP contribution in [-0.4, -0.2) is 66.3 Å². The molecule has 2 atom stereocenters. The smallest absolute Gasteiger partial charge is 0.246 e. The first-order valence-electron chi connectivity index (χ1n) is 10.2. The molecule has 2 saturated heterocycles. The van der Waals surface area contributed by atoms with Crippen LogP contribution in [0.2, 0.25) is 10.0 Å². The zero-order valence-electron chi connectivity index (χ0n) is 17.6. The predicted octanol–water partition coefficient (Wildman–Crippen LogP) is 2.59. The zero-order valence-corrected chi connectivity index (χ0v) is 19.9. The van der Waals surface area contributed by atoms with Crippen molar-refractivity contribution in [1.29, 1.82) is 0 Å². The third-order valence-corrected chi connectivity index (χ3v) is 8.04. The third-order valence-electron chi connectivity index (χ3n) is 6.28. The van der Waals surface area contributed by atoms with E-state index in [1.54, 1.807) is 29.2 Å². The van der Waals surface area contributed by atoms with Crippen molar-refractivity contribution in [3.63, 3.8) is 0 Å². The Morgan fingerprint density at radius 1 is 1.19 bits per heavy atom. The molecule has 3 heterocycles. The van der Waals surface area contributed by atoms with E-state index in [-0.39, 0.29) is 17.7 Å². The molecule has 3 aliphatic rings. The standard InChI is InChI=1S/C21H25Cl2N3O4S/c1-12(2)18-19-17(26(21(18)28)31(3,29)30)7-8-25(19)20(27)13-9-24(10-13)11-14-15(22)5-4-6-16(14)23/h4-7,12-13,18-19H,8-11H2,1-3H3/t18-,19+/m1/s1. The van der Waals surface area contributed by atoms with Crippen molar-refractivity contribution in [2.75, 3.05) is 25.9 Å². The molecule has 0 aromatic heterocycles. The fourth-order valence-electron chi connectivity index (χ4n) is 4.79. The quantitative estimate of drug-likeness (QED) is 0.640. The van der Waals surface area contributed by atoms with E-state index in [2.05, 4.69) is 4.90 Å². The van der Waals surface area contributed by atoms with Gasteiger partial charge in [0, 0.05) is 41.8 Å². The number of sulfonamides is 1. The maximum absolute atomic E-state index is 13.3. The van der Waals surface area contributed by atoms with E-state index < -0.39 is 27.9 Å². The van der Waals surface area contributed by atoms with Crippen LogP contribution in [0.25, 0.3) is 0 Å². The lowest BCUT2D eigenvalue weighted by atomic mass is 9.88. The van der Waals surface area contributed by atoms with Crippen LogP contribution in [0.5, 0.6) is 0 Å². The van der Waals surface area contributed by atoms with Crippen LogP contribution in [0.4, 0.5) is 0 Å². The van der Waals surface area contributed by atoms with Crippen molar-refractivity contribution in [3.8, 4) is 0 Å². The topological polar surface area (TPSA) is 78.0 Å². The van der Waals surface area contributed by atoms with Gasteiger partial charge in [-0.15, -0.1) is 0 Å². The highest BCUT2D eigenvalue weighted by Gasteiger charge is 2.55. The molecule has 1 aromatic rings. The second-order valence-corrected chi connectivity index (χ2v) is 11.4. The van der Waals surface area contributed by atoms with Crippen molar-refractivity contribution in [2.24, 2.45) is 17.8 Å². The van der Waals surface area contributed by atoms with Gasteiger partial charge in [0.1, 0.15) is 0 Å². The minimum absolute atomic E-state index is 0.0495. The lowest BCUT2D eigenvalue weighted by molar-refractivity contribution is -0.143. The molecule has 2 amide bonds. The van der Waals surface area contributed by atoms with Crippen molar-refractivity contribution in [1.82, 2.24) is 14.1 Å². The molecule has 3 aliphatic heterocycles. The second-order valence-electron chi connectivity index (χ2n) is 8.79. The molecular weight excluding hydrogens is 461 g/mol. The molecule has 10 heteroatoms. The van der Waals surface area contributed by atoms with Gasteiger partial charge in [-0.05, 0) is 24.1 Å². The van der Waals surface area contributed by atoms with Gasteiger partial charge in [0.25, 0.3) is 0 Å². The van der Waals surface area contributed by atoms with Gasteiger partial charge < -0.3 is 4.90 Å². The normalized spacial score (nSPS) is 24.6. The third kappa shape index (κ3) is 3.88. The highest BCUT2D eigenvalue weighted by molar-refractivity contribution is 7.89. The van der Waals surface area contributed by atoms with Crippen molar-refractivity contribution >= 4 is 45.0 Å². The summed E-state index contributed by atoms with van der Waals surface area (Å²) < 4.78 is 25.4. The maximum atomic E-state index is 13.3. The van der Waals surface area contributed by atoms with E-state index in [1.807, 2.05) is 13.8 Å². The summed E-state index contributed by atoms with van der Waals surface area (Å²) in [7, 11) is -3.74. The SMILES string of the molecule is CC(C)[C@H]1C(=O)N(S(C)(=O)=O)C2=CCN(C(=O)C3CN(Cc4c(Cl)cccc4Cl)C3)[C@@H]21. The lowest BCUT2D eigenvalue weighted by Gasteiger charge is -2.41.